The Labute approximate surface area is 113 Å². The van der Waals surface area contributed by atoms with E-state index in [4.69, 9.17) is 11.6 Å². The van der Waals surface area contributed by atoms with Crippen LogP contribution in [0.5, 0.6) is 0 Å². The van der Waals surface area contributed by atoms with Gasteiger partial charge < -0.3 is 10.2 Å². The summed E-state index contributed by atoms with van der Waals surface area (Å²) in [6.07, 6.45) is 2.73. The average Bonchev–Trinajstić information content (AvgIpc) is 2.89. The summed E-state index contributed by atoms with van der Waals surface area (Å²) in [6.45, 7) is 8.17. The molecule has 0 spiro atoms. The Morgan fingerprint density at radius 3 is 2.71 bits per heavy atom. The molecule has 2 nitrogen and oxygen atoms in total. The van der Waals surface area contributed by atoms with Crippen molar-refractivity contribution in [1.29, 1.82) is 0 Å². The summed E-state index contributed by atoms with van der Waals surface area (Å²) in [5.41, 5.74) is 1.30. The Morgan fingerprint density at radius 1 is 1.41 bits per heavy atom. The third kappa shape index (κ3) is 3.95. The monoisotopic (exact) mass is 272 g/mol. The van der Waals surface area contributed by atoms with Crippen LogP contribution < -0.4 is 5.32 Å². The molecule has 1 aliphatic rings. The number of thiophene rings is 1. The van der Waals surface area contributed by atoms with Gasteiger partial charge in [-0.05, 0) is 56.8 Å². The maximum absolute atomic E-state index is 5.96. The number of rotatable bonds is 5. The van der Waals surface area contributed by atoms with E-state index in [0.29, 0.717) is 12.1 Å². The van der Waals surface area contributed by atoms with Gasteiger partial charge in [-0.15, -0.1) is 11.3 Å². The van der Waals surface area contributed by atoms with Crippen molar-refractivity contribution in [2.75, 3.05) is 19.6 Å². The summed E-state index contributed by atoms with van der Waals surface area (Å²) in [4.78, 5) is 2.55. The summed E-state index contributed by atoms with van der Waals surface area (Å²) < 4.78 is 0.876. The smallest absolute Gasteiger partial charge is 0.0931 e. The normalized spacial score (nSPS) is 20.6. The minimum Gasteiger partial charge on any atom is -0.306 e. The van der Waals surface area contributed by atoms with E-state index in [1.165, 1.54) is 31.5 Å². The SMILES string of the molecule is CC(CN1CCCC1)NC(C)c1csc(Cl)c1. The summed E-state index contributed by atoms with van der Waals surface area (Å²) in [6, 6.07) is 2.98. The van der Waals surface area contributed by atoms with Crippen molar-refractivity contribution in [2.45, 2.75) is 38.8 Å². The van der Waals surface area contributed by atoms with Crippen LogP contribution in [-0.4, -0.2) is 30.6 Å². The first-order valence-electron chi connectivity index (χ1n) is 6.37. The van der Waals surface area contributed by atoms with Crippen molar-refractivity contribution in [3.05, 3.63) is 21.3 Å². The highest BCUT2D eigenvalue weighted by Gasteiger charge is 2.16. The van der Waals surface area contributed by atoms with Crippen LogP contribution in [0.4, 0.5) is 0 Å². The van der Waals surface area contributed by atoms with Crippen LogP contribution >= 0.6 is 22.9 Å². The van der Waals surface area contributed by atoms with Crippen molar-refractivity contribution < 1.29 is 0 Å². The van der Waals surface area contributed by atoms with Crippen molar-refractivity contribution >= 4 is 22.9 Å². The molecule has 2 heterocycles. The zero-order valence-corrected chi connectivity index (χ0v) is 12.2. The number of nitrogens with one attached hydrogen (secondary N) is 1. The van der Waals surface area contributed by atoms with E-state index in [1.54, 1.807) is 11.3 Å². The van der Waals surface area contributed by atoms with Gasteiger partial charge in [-0.1, -0.05) is 11.6 Å². The Bertz CT molecular complexity index is 347. The molecule has 1 fully saturated rings. The van der Waals surface area contributed by atoms with Crippen LogP contribution in [0.3, 0.4) is 0 Å². The number of halogens is 1. The molecular weight excluding hydrogens is 252 g/mol. The van der Waals surface area contributed by atoms with Crippen molar-refractivity contribution in [2.24, 2.45) is 0 Å². The molecule has 0 bridgehead atoms. The second-order valence-electron chi connectivity index (χ2n) is 4.98. The number of hydrogen-bond donors (Lipinski definition) is 1. The van der Waals surface area contributed by atoms with E-state index < -0.39 is 0 Å². The highest BCUT2D eigenvalue weighted by molar-refractivity contribution is 7.14. The third-order valence-electron chi connectivity index (χ3n) is 3.35. The fourth-order valence-corrected chi connectivity index (χ4v) is 3.46. The van der Waals surface area contributed by atoms with Gasteiger partial charge in [0.05, 0.1) is 4.34 Å². The fourth-order valence-electron chi connectivity index (χ4n) is 2.48. The number of hydrogen-bond acceptors (Lipinski definition) is 3. The molecule has 0 radical (unpaired) electrons. The van der Waals surface area contributed by atoms with E-state index in [2.05, 4.69) is 35.5 Å². The predicted molar refractivity (Wildman–Crippen MR) is 76.0 cm³/mol. The van der Waals surface area contributed by atoms with Crippen molar-refractivity contribution in [3.8, 4) is 0 Å². The van der Waals surface area contributed by atoms with Crippen molar-refractivity contribution in [1.82, 2.24) is 10.2 Å². The molecule has 4 heteroatoms. The summed E-state index contributed by atoms with van der Waals surface area (Å²) in [5.74, 6) is 0. The molecule has 1 N–H and O–H groups in total. The Kier molecular flexibility index (Phi) is 4.86. The third-order valence-corrected chi connectivity index (χ3v) is 4.46. The van der Waals surface area contributed by atoms with E-state index in [-0.39, 0.29) is 0 Å². The molecule has 2 unspecified atom stereocenters. The molecule has 0 amide bonds. The van der Waals surface area contributed by atoms with Crippen LogP contribution in [0.15, 0.2) is 11.4 Å². The van der Waals surface area contributed by atoms with E-state index >= 15 is 0 Å². The minimum absolute atomic E-state index is 0.386. The van der Waals surface area contributed by atoms with Gasteiger partial charge in [0.15, 0.2) is 0 Å². The molecule has 1 saturated heterocycles. The second-order valence-corrected chi connectivity index (χ2v) is 6.52. The first kappa shape index (κ1) is 13.3. The molecule has 0 aliphatic carbocycles. The molecule has 1 aromatic rings. The van der Waals surface area contributed by atoms with Crippen LogP contribution in [0, 0.1) is 0 Å². The zero-order valence-electron chi connectivity index (χ0n) is 10.6. The standard InChI is InChI=1S/C13H21ClN2S/c1-10(8-16-5-3-4-6-16)15-11(2)12-7-13(14)17-9-12/h7,9-11,15H,3-6,8H2,1-2H3. The average molecular weight is 273 g/mol. The van der Waals surface area contributed by atoms with Crippen LogP contribution in [0.25, 0.3) is 0 Å². The quantitative estimate of drug-likeness (QED) is 0.882. The van der Waals surface area contributed by atoms with E-state index in [0.717, 1.165) is 10.9 Å². The highest BCUT2D eigenvalue weighted by atomic mass is 35.5. The summed E-state index contributed by atoms with van der Waals surface area (Å²) >= 11 is 7.57. The maximum atomic E-state index is 5.96. The fraction of sp³-hybridized carbons (Fsp3) is 0.692. The molecular formula is C13H21ClN2S. The zero-order chi connectivity index (χ0) is 12.3. The summed E-state index contributed by atoms with van der Waals surface area (Å²) in [5, 5.41) is 5.78. The minimum atomic E-state index is 0.386. The van der Waals surface area contributed by atoms with Crippen LogP contribution in [-0.2, 0) is 0 Å². The first-order chi connectivity index (χ1) is 8.15. The maximum Gasteiger partial charge on any atom is 0.0931 e. The molecule has 1 aromatic heterocycles. The van der Waals surface area contributed by atoms with Gasteiger partial charge in [-0.2, -0.15) is 0 Å². The lowest BCUT2D eigenvalue weighted by atomic mass is 10.1. The van der Waals surface area contributed by atoms with Gasteiger partial charge in [0.25, 0.3) is 0 Å². The van der Waals surface area contributed by atoms with Crippen LogP contribution in [0.2, 0.25) is 4.34 Å². The Morgan fingerprint density at radius 2 is 2.12 bits per heavy atom. The lowest BCUT2D eigenvalue weighted by Gasteiger charge is -2.24. The predicted octanol–water partition coefficient (Wildman–Crippen LogP) is 3.54. The highest BCUT2D eigenvalue weighted by Crippen LogP contribution is 2.24. The lowest BCUT2D eigenvalue weighted by Crippen LogP contribution is -2.39. The van der Waals surface area contributed by atoms with Crippen molar-refractivity contribution in [3.63, 3.8) is 0 Å². The van der Waals surface area contributed by atoms with Gasteiger partial charge in [-0.3, -0.25) is 0 Å². The topological polar surface area (TPSA) is 15.3 Å². The molecule has 96 valence electrons. The number of likely N-dealkylation sites (tertiary alicyclic amines) is 1. The van der Waals surface area contributed by atoms with Gasteiger partial charge in [-0.25, -0.2) is 0 Å². The van der Waals surface area contributed by atoms with Crippen LogP contribution in [0.1, 0.15) is 38.3 Å². The molecule has 2 atom stereocenters. The van der Waals surface area contributed by atoms with E-state index in [1.807, 2.05) is 0 Å². The van der Waals surface area contributed by atoms with Gasteiger partial charge in [0, 0.05) is 18.6 Å². The van der Waals surface area contributed by atoms with Gasteiger partial charge in [0.2, 0.25) is 0 Å². The Balaban J connectivity index is 1.79. The second kappa shape index (κ2) is 6.19. The van der Waals surface area contributed by atoms with Gasteiger partial charge >= 0.3 is 0 Å². The molecule has 0 saturated carbocycles. The Hall–Kier alpha value is -0.0900. The first-order valence-corrected chi connectivity index (χ1v) is 7.63. The molecule has 2 rings (SSSR count). The summed E-state index contributed by atoms with van der Waals surface area (Å²) in [7, 11) is 0. The van der Waals surface area contributed by atoms with E-state index in [9.17, 15) is 0 Å². The van der Waals surface area contributed by atoms with Gasteiger partial charge in [0.1, 0.15) is 0 Å². The molecule has 1 aliphatic heterocycles. The molecule has 0 aromatic carbocycles. The lowest BCUT2D eigenvalue weighted by molar-refractivity contribution is 0.289. The largest absolute Gasteiger partial charge is 0.306 e. The number of nitrogens with zero attached hydrogens (tertiary/aromatic N) is 1. The molecule has 17 heavy (non-hydrogen) atoms.